The summed E-state index contributed by atoms with van der Waals surface area (Å²) in [6.45, 7) is 7.61. The molecule has 1 N–H and O–H groups in total. The van der Waals surface area contributed by atoms with Gasteiger partial charge in [-0.15, -0.1) is 0 Å². The number of aromatic nitrogens is 2. The summed E-state index contributed by atoms with van der Waals surface area (Å²) < 4.78 is 2.22. The van der Waals surface area contributed by atoms with Crippen LogP contribution in [0.1, 0.15) is 44.8 Å². The van der Waals surface area contributed by atoms with Gasteiger partial charge in [0, 0.05) is 25.3 Å². The summed E-state index contributed by atoms with van der Waals surface area (Å²) in [5, 5.41) is 2.33. The molecule has 1 aromatic heterocycles. The van der Waals surface area contributed by atoms with E-state index in [0.717, 1.165) is 6.54 Å². The Kier molecular flexibility index (Phi) is 3.96. The fourth-order valence-electron chi connectivity index (χ4n) is 2.18. The summed E-state index contributed by atoms with van der Waals surface area (Å²) in [6.07, 6.45) is 7.88. The summed E-state index contributed by atoms with van der Waals surface area (Å²) in [6, 6.07) is 0.487. The van der Waals surface area contributed by atoms with Gasteiger partial charge in [-0.2, -0.15) is 0 Å². The van der Waals surface area contributed by atoms with E-state index in [1.165, 1.54) is 38.0 Å². The van der Waals surface area contributed by atoms with Crippen molar-refractivity contribution in [3.05, 3.63) is 18.2 Å². The summed E-state index contributed by atoms with van der Waals surface area (Å²) in [7, 11) is 0. The molecule has 16 heavy (non-hydrogen) atoms. The van der Waals surface area contributed by atoms with E-state index in [-0.39, 0.29) is 0 Å². The van der Waals surface area contributed by atoms with Gasteiger partial charge in [0.05, 0.1) is 18.6 Å². The van der Waals surface area contributed by atoms with E-state index in [2.05, 4.69) is 33.8 Å². The van der Waals surface area contributed by atoms with E-state index in [1.54, 1.807) is 0 Å². The molecule has 2 rings (SSSR count). The lowest BCUT2D eigenvalue weighted by Gasteiger charge is -2.27. The summed E-state index contributed by atoms with van der Waals surface area (Å²) in [5.74, 6) is 0. The molecule has 0 aliphatic carbocycles. The third kappa shape index (κ3) is 2.83. The lowest BCUT2D eigenvalue weighted by atomic mass is 10.2. The summed E-state index contributed by atoms with van der Waals surface area (Å²) >= 11 is 0. The number of piperidine rings is 1. The number of nitrogens with zero attached hydrogens (tertiary/aromatic N) is 3. The van der Waals surface area contributed by atoms with Crippen LogP contribution in [-0.4, -0.2) is 27.6 Å². The molecule has 1 saturated heterocycles. The Morgan fingerprint density at radius 1 is 1.31 bits per heavy atom. The zero-order chi connectivity index (χ0) is 11.4. The van der Waals surface area contributed by atoms with E-state index in [1.807, 2.05) is 12.5 Å². The molecule has 2 heterocycles. The zero-order valence-corrected chi connectivity index (χ0v) is 10.3. The van der Waals surface area contributed by atoms with E-state index < -0.39 is 0 Å². The van der Waals surface area contributed by atoms with Crippen LogP contribution < -0.4 is 5.43 Å². The minimum Gasteiger partial charge on any atom is -0.331 e. The molecule has 0 atom stereocenters. The van der Waals surface area contributed by atoms with Crippen molar-refractivity contribution >= 4 is 0 Å². The predicted octanol–water partition coefficient (Wildman–Crippen LogP) is 1.95. The Bertz CT molecular complexity index is 313. The lowest BCUT2D eigenvalue weighted by molar-refractivity contribution is 0.149. The largest absolute Gasteiger partial charge is 0.331 e. The molecule has 1 aliphatic rings. The van der Waals surface area contributed by atoms with Gasteiger partial charge < -0.3 is 4.57 Å². The molecule has 90 valence electrons. The molecule has 1 aliphatic heterocycles. The van der Waals surface area contributed by atoms with Crippen LogP contribution >= 0.6 is 0 Å². The second-order valence-corrected chi connectivity index (χ2v) is 4.77. The average Bonchev–Trinajstić information content (AvgIpc) is 2.76. The Hall–Kier alpha value is -0.870. The first-order valence-electron chi connectivity index (χ1n) is 6.26. The van der Waals surface area contributed by atoms with Crippen LogP contribution in [0.5, 0.6) is 0 Å². The maximum Gasteiger partial charge on any atom is 0.0951 e. The van der Waals surface area contributed by atoms with Gasteiger partial charge in [-0.25, -0.2) is 15.4 Å². The number of rotatable bonds is 4. The van der Waals surface area contributed by atoms with Crippen molar-refractivity contribution in [3.8, 4) is 0 Å². The van der Waals surface area contributed by atoms with E-state index in [0.29, 0.717) is 6.04 Å². The third-order valence-electron chi connectivity index (χ3n) is 3.14. The maximum absolute atomic E-state index is 4.21. The molecule has 0 spiro atoms. The van der Waals surface area contributed by atoms with Crippen molar-refractivity contribution in [2.75, 3.05) is 13.1 Å². The quantitative estimate of drug-likeness (QED) is 0.845. The fraction of sp³-hybridized carbons (Fsp3) is 0.750. The predicted molar refractivity (Wildman–Crippen MR) is 64.9 cm³/mol. The summed E-state index contributed by atoms with van der Waals surface area (Å²) in [5.41, 5.74) is 4.76. The van der Waals surface area contributed by atoms with Gasteiger partial charge in [0.1, 0.15) is 0 Å². The van der Waals surface area contributed by atoms with Crippen molar-refractivity contribution in [1.29, 1.82) is 0 Å². The molecule has 0 unspecified atom stereocenters. The Balaban J connectivity index is 1.86. The molecular formula is C12H22N4. The molecule has 0 bridgehead atoms. The molecule has 4 heteroatoms. The van der Waals surface area contributed by atoms with Crippen LogP contribution in [0, 0.1) is 0 Å². The number of hydrogen-bond acceptors (Lipinski definition) is 3. The zero-order valence-electron chi connectivity index (χ0n) is 10.3. The minimum absolute atomic E-state index is 0.487. The second kappa shape index (κ2) is 5.46. The van der Waals surface area contributed by atoms with Crippen molar-refractivity contribution in [2.24, 2.45) is 0 Å². The van der Waals surface area contributed by atoms with Crippen LogP contribution in [0.3, 0.4) is 0 Å². The van der Waals surface area contributed by atoms with Gasteiger partial charge in [-0.3, -0.25) is 0 Å². The van der Waals surface area contributed by atoms with Gasteiger partial charge in [0.2, 0.25) is 0 Å². The highest BCUT2D eigenvalue weighted by atomic mass is 15.5. The molecule has 1 aromatic rings. The van der Waals surface area contributed by atoms with Gasteiger partial charge in [0.15, 0.2) is 0 Å². The monoisotopic (exact) mass is 222 g/mol. The van der Waals surface area contributed by atoms with Crippen molar-refractivity contribution in [2.45, 2.75) is 45.7 Å². The standard InChI is InChI=1S/C12H22N4/c1-11(2)16-10-13-8-12(16)9-14-15-6-4-3-5-7-15/h8,10-11,14H,3-7,9H2,1-2H3. The summed E-state index contributed by atoms with van der Waals surface area (Å²) in [4.78, 5) is 4.21. The maximum atomic E-state index is 4.21. The Morgan fingerprint density at radius 2 is 2.06 bits per heavy atom. The average molecular weight is 222 g/mol. The van der Waals surface area contributed by atoms with Gasteiger partial charge in [-0.05, 0) is 26.7 Å². The molecular weight excluding hydrogens is 200 g/mol. The topological polar surface area (TPSA) is 33.1 Å². The Morgan fingerprint density at radius 3 is 2.75 bits per heavy atom. The first kappa shape index (κ1) is 11.6. The fourth-order valence-corrected chi connectivity index (χ4v) is 2.18. The first-order chi connectivity index (χ1) is 7.77. The van der Waals surface area contributed by atoms with Gasteiger partial charge >= 0.3 is 0 Å². The van der Waals surface area contributed by atoms with Crippen LogP contribution in [-0.2, 0) is 6.54 Å². The van der Waals surface area contributed by atoms with Crippen LogP contribution in [0.4, 0.5) is 0 Å². The second-order valence-electron chi connectivity index (χ2n) is 4.77. The highest BCUT2D eigenvalue weighted by molar-refractivity contribution is 4.99. The van der Waals surface area contributed by atoms with Crippen molar-refractivity contribution in [3.63, 3.8) is 0 Å². The number of hydrazine groups is 1. The molecule has 0 aromatic carbocycles. The molecule has 0 radical (unpaired) electrons. The van der Waals surface area contributed by atoms with Gasteiger partial charge in [0.25, 0.3) is 0 Å². The minimum atomic E-state index is 0.487. The highest BCUT2D eigenvalue weighted by Gasteiger charge is 2.11. The number of hydrogen-bond donors (Lipinski definition) is 1. The lowest BCUT2D eigenvalue weighted by Crippen LogP contribution is -2.41. The van der Waals surface area contributed by atoms with E-state index in [4.69, 9.17) is 0 Å². The molecule has 1 fully saturated rings. The van der Waals surface area contributed by atoms with Crippen molar-refractivity contribution in [1.82, 2.24) is 20.0 Å². The van der Waals surface area contributed by atoms with E-state index >= 15 is 0 Å². The third-order valence-corrected chi connectivity index (χ3v) is 3.14. The molecule has 0 saturated carbocycles. The smallest absolute Gasteiger partial charge is 0.0951 e. The molecule has 4 nitrogen and oxygen atoms in total. The SMILES string of the molecule is CC(C)n1cncc1CNN1CCCCC1. The normalized spacial score (nSPS) is 18.2. The number of imidazole rings is 1. The van der Waals surface area contributed by atoms with Crippen LogP contribution in [0.25, 0.3) is 0 Å². The van der Waals surface area contributed by atoms with Crippen LogP contribution in [0.2, 0.25) is 0 Å². The first-order valence-corrected chi connectivity index (χ1v) is 6.26. The number of nitrogens with one attached hydrogen (secondary N) is 1. The molecule has 0 amide bonds. The van der Waals surface area contributed by atoms with Crippen molar-refractivity contribution < 1.29 is 0 Å². The Labute approximate surface area is 97.6 Å². The van der Waals surface area contributed by atoms with E-state index in [9.17, 15) is 0 Å². The highest BCUT2D eigenvalue weighted by Crippen LogP contribution is 2.10. The van der Waals surface area contributed by atoms with Gasteiger partial charge in [-0.1, -0.05) is 6.42 Å². The van der Waals surface area contributed by atoms with Crippen LogP contribution in [0.15, 0.2) is 12.5 Å².